The molecule has 1 aromatic rings. The number of nitrogens with two attached hydrogens (primary N) is 1. The number of aliphatic imine (C=N–C) groups is 1. The molecule has 3 aliphatic heterocycles. The van der Waals surface area contributed by atoms with Gasteiger partial charge < -0.3 is 15.4 Å². The third-order valence-electron chi connectivity index (χ3n) is 6.60. The summed E-state index contributed by atoms with van der Waals surface area (Å²) in [5.41, 5.74) is 7.56. The minimum atomic E-state index is -0.753. The van der Waals surface area contributed by atoms with E-state index in [1.165, 1.54) is 25.7 Å². The lowest BCUT2D eigenvalue weighted by Gasteiger charge is -2.46. The van der Waals surface area contributed by atoms with Gasteiger partial charge in [-0.1, -0.05) is 12.8 Å². The molecule has 3 fully saturated rings. The van der Waals surface area contributed by atoms with Gasteiger partial charge in [0.05, 0.1) is 5.69 Å². The van der Waals surface area contributed by atoms with E-state index in [0.717, 1.165) is 30.6 Å². The van der Waals surface area contributed by atoms with Gasteiger partial charge in [-0.05, 0) is 49.8 Å². The Morgan fingerprint density at radius 3 is 2.90 bits per heavy atom. The molecule has 154 valence electrons. The number of fused-ring (bicyclic) bond motifs is 3. The molecule has 3 N–H and O–H groups in total. The number of rotatable bonds is 4. The SMILES string of the molecule is NC(=O)C(Oc1ccc2c(c1)CN1CC(=O)NC1=N2)N1CCCC2CCCCC21. The fourth-order valence-corrected chi connectivity index (χ4v) is 5.28. The van der Waals surface area contributed by atoms with Crippen molar-refractivity contribution in [1.29, 1.82) is 0 Å². The van der Waals surface area contributed by atoms with Crippen LogP contribution in [0.1, 0.15) is 44.1 Å². The maximum absolute atomic E-state index is 12.3. The number of hydrogen-bond donors (Lipinski definition) is 2. The third-order valence-corrected chi connectivity index (χ3v) is 6.60. The molecular formula is C21H27N5O3. The summed E-state index contributed by atoms with van der Waals surface area (Å²) in [5, 5.41) is 2.77. The first kappa shape index (κ1) is 18.4. The van der Waals surface area contributed by atoms with Crippen molar-refractivity contribution in [3.05, 3.63) is 23.8 Å². The molecule has 2 saturated heterocycles. The van der Waals surface area contributed by atoms with E-state index in [0.29, 0.717) is 36.8 Å². The van der Waals surface area contributed by atoms with Crippen LogP contribution in [0.2, 0.25) is 0 Å². The molecule has 3 unspecified atom stereocenters. The highest BCUT2D eigenvalue weighted by Crippen LogP contribution is 2.37. The van der Waals surface area contributed by atoms with Gasteiger partial charge in [0.15, 0.2) is 0 Å². The van der Waals surface area contributed by atoms with Gasteiger partial charge in [-0.25, -0.2) is 4.99 Å². The Bertz CT molecular complexity index is 868. The van der Waals surface area contributed by atoms with E-state index in [9.17, 15) is 9.59 Å². The van der Waals surface area contributed by atoms with Crippen LogP contribution in [0.3, 0.4) is 0 Å². The highest BCUT2D eigenvalue weighted by molar-refractivity contribution is 6.05. The maximum Gasteiger partial charge on any atom is 0.274 e. The van der Waals surface area contributed by atoms with Crippen molar-refractivity contribution in [2.45, 2.75) is 57.3 Å². The van der Waals surface area contributed by atoms with E-state index in [2.05, 4.69) is 15.2 Å². The number of nitrogens with one attached hydrogen (secondary N) is 1. The zero-order valence-corrected chi connectivity index (χ0v) is 16.5. The third kappa shape index (κ3) is 3.46. The summed E-state index contributed by atoms with van der Waals surface area (Å²) in [7, 11) is 0. The van der Waals surface area contributed by atoms with Crippen molar-refractivity contribution >= 4 is 23.5 Å². The predicted octanol–water partition coefficient (Wildman–Crippen LogP) is 1.46. The van der Waals surface area contributed by atoms with Gasteiger partial charge in [-0.2, -0.15) is 0 Å². The first-order chi connectivity index (χ1) is 14.1. The number of likely N-dealkylation sites (tertiary alicyclic amines) is 1. The van der Waals surface area contributed by atoms with Gasteiger partial charge in [-0.3, -0.25) is 19.8 Å². The quantitative estimate of drug-likeness (QED) is 0.801. The van der Waals surface area contributed by atoms with E-state index >= 15 is 0 Å². The Morgan fingerprint density at radius 2 is 2.03 bits per heavy atom. The number of hydrogen-bond acceptors (Lipinski definition) is 6. The van der Waals surface area contributed by atoms with Gasteiger partial charge in [0.2, 0.25) is 18.1 Å². The molecule has 5 rings (SSSR count). The Hall–Kier alpha value is -2.61. The van der Waals surface area contributed by atoms with E-state index < -0.39 is 12.1 Å². The number of amides is 2. The normalized spacial score (nSPS) is 27.2. The molecule has 3 heterocycles. The van der Waals surface area contributed by atoms with Crippen LogP contribution in [-0.4, -0.2) is 52.9 Å². The molecule has 0 aromatic heterocycles. The number of primary amides is 1. The molecule has 1 saturated carbocycles. The summed E-state index contributed by atoms with van der Waals surface area (Å²) in [4.78, 5) is 32.6. The van der Waals surface area contributed by atoms with Gasteiger partial charge in [0.25, 0.3) is 5.91 Å². The molecule has 1 aromatic carbocycles. The second-order valence-electron chi connectivity index (χ2n) is 8.49. The van der Waals surface area contributed by atoms with E-state index in [1.807, 2.05) is 23.1 Å². The van der Waals surface area contributed by atoms with E-state index in [1.54, 1.807) is 0 Å². The van der Waals surface area contributed by atoms with Crippen LogP contribution in [0.15, 0.2) is 23.2 Å². The van der Waals surface area contributed by atoms with Gasteiger partial charge in [0, 0.05) is 24.7 Å². The summed E-state index contributed by atoms with van der Waals surface area (Å²) in [6, 6.07) is 5.99. The van der Waals surface area contributed by atoms with Crippen LogP contribution in [-0.2, 0) is 16.1 Å². The maximum atomic E-state index is 12.3. The van der Waals surface area contributed by atoms with Crippen molar-refractivity contribution in [2.24, 2.45) is 16.6 Å². The van der Waals surface area contributed by atoms with Crippen LogP contribution in [0.4, 0.5) is 5.69 Å². The van der Waals surface area contributed by atoms with Crippen molar-refractivity contribution in [2.75, 3.05) is 13.1 Å². The highest BCUT2D eigenvalue weighted by Gasteiger charge is 2.40. The monoisotopic (exact) mass is 397 g/mol. The Morgan fingerprint density at radius 1 is 1.21 bits per heavy atom. The minimum absolute atomic E-state index is 0.0473. The fraction of sp³-hybridized carbons (Fsp3) is 0.571. The van der Waals surface area contributed by atoms with Gasteiger partial charge in [0.1, 0.15) is 12.3 Å². The average Bonchev–Trinajstić information content (AvgIpc) is 3.08. The number of guanidine groups is 1. The fourth-order valence-electron chi connectivity index (χ4n) is 5.28. The van der Waals surface area contributed by atoms with Crippen molar-refractivity contribution in [3.63, 3.8) is 0 Å². The Balaban J connectivity index is 1.37. The Kier molecular flexibility index (Phi) is 4.66. The molecule has 1 aliphatic carbocycles. The summed E-state index contributed by atoms with van der Waals surface area (Å²) in [6.45, 7) is 1.73. The van der Waals surface area contributed by atoms with Crippen molar-refractivity contribution in [3.8, 4) is 5.75 Å². The molecular weight excluding hydrogens is 370 g/mol. The van der Waals surface area contributed by atoms with Crippen LogP contribution in [0.25, 0.3) is 0 Å². The van der Waals surface area contributed by atoms with Crippen LogP contribution >= 0.6 is 0 Å². The predicted molar refractivity (Wildman–Crippen MR) is 107 cm³/mol. The number of nitrogens with zero attached hydrogens (tertiary/aromatic N) is 3. The lowest BCUT2D eigenvalue weighted by molar-refractivity contribution is -0.140. The molecule has 0 bridgehead atoms. The number of benzene rings is 1. The number of piperidine rings is 1. The second-order valence-corrected chi connectivity index (χ2v) is 8.49. The molecule has 8 nitrogen and oxygen atoms in total. The van der Waals surface area contributed by atoms with Crippen LogP contribution in [0.5, 0.6) is 5.75 Å². The van der Waals surface area contributed by atoms with E-state index in [4.69, 9.17) is 10.5 Å². The van der Waals surface area contributed by atoms with Crippen molar-refractivity contribution in [1.82, 2.24) is 15.1 Å². The molecule has 3 atom stereocenters. The molecule has 4 aliphatic rings. The topological polar surface area (TPSA) is 100 Å². The molecule has 8 heteroatoms. The van der Waals surface area contributed by atoms with Gasteiger partial charge >= 0.3 is 0 Å². The average molecular weight is 397 g/mol. The number of carbonyl (C=O) groups is 2. The second kappa shape index (κ2) is 7.33. The Labute approximate surface area is 170 Å². The number of carbonyl (C=O) groups excluding carboxylic acids is 2. The molecule has 2 amide bonds. The summed E-state index contributed by atoms with van der Waals surface area (Å²) >= 11 is 0. The zero-order valence-electron chi connectivity index (χ0n) is 16.5. The number of ether oxygens (including phenoxy) is 1. The van der Waals surface area contributed by atoms with Crippen LogP contribution < -0.4 is 15.8 Å². The first-order valence-corrected chi connectivity index (χ1v) is 10.6. The summed E-state index contributed by atoms with van der Waals surface area (Å²) in [6.07, 6.45) is 6.37. The minimum Gasteiger partial charge on any atom is -0.466 e. The van der Waals surface area contributed by atoms with Crippen LogP contribution in [0, 0.1) is 5.92 Å². The van der Waals surface area contributed by atoms with Gasteiger partial charge in [-0.15, -0.1) is 0 Å². The largest absolute Gasteiger partial charge is 0.466 e. The molecule has 0 radical (unpaired) electrons. The smallest absolute Gasteiger partial charge is 0.274 e. The molecule has 0 spiro atoms. The first-order valence-electron chi connectivity index (χ1n) is 10.6. The van der Waals surface area contributed by atoms with E-state index in [-0.39, 0.29) is 5.91 Å². The highest BCUT2D eigenvalue weighted by atomic mass is 16.5. The van der Waals surface area contributed by atoms with Crippen molar-refractivity contribution < 1.29 is 14.3 Å². The standard InChI is InChI=1S/C21H27N5O3/c22-19(28)20(26-9-3-5-13-4-1-2-6-17(13)26)29-15-7-8-16-14(10-15)11-25-12-18(27)24-21(25)23-16/h7-8,10,13,17,20H,1-6,9,11-12H2,(H2,22,28)(H,23,24,27). The lowest BCUT2D eigenvalue weighted by atomic mass is 9.78. The molecule has 29 heavy (non-hydrogen) atoms. The zero-order chi connectivity index (χ0) is 20.0. The summed E-state index contributed by atoms with van der Waals surface area (Å²) < 4.78 is 6.16. The lowest BCUT2D eigenvalue weighted by Crippen LogP contribution is -2.57. The summed E-state index contributed by atoms with van der Waals surface area (Å²) in [5.74, 6) is 1.36.